The highest BCUT2D eigenvalue weighted by molar-refractivity contribution is 5.05. The van der Waals surface area contributed by atoms with E-state index in [1.807, 2.05) is 12.5 Å². The van der Waals surface area contributed by atoms with E-state index in [2.05, 4.69) is 35.6 Å². The molecule has 0 aliphatic heterocycles. The Bertz CT molecular complexity index is 283. The molecule has 0 amide bonds. The highest BCUT2D eigenvalue weighted by Gasteiger charge is 2.15. The Hall–Kier alpha value is -0.870. The van der Waals surface area contributed by atoms with Crippen LogP contribution in [0.15, 0.2) is 12.5 Å². The Morgan fingerprint density at radius 2 is 2.27 bits per heavy atom. The maximum absolute atomic E-state index is 9.34. The average Bonchev–Trinajstić information content (AvgIpc) is 2.63. The zero-order valence-corrected chi connectivity index (χ0v) is 9.77. The van der Waals surface area contributed by atoms with Gasteiger partial charge in [0.2, 0.25) is 0 Å². The molecule has 4 nitrogen and oxygen atoms in total. The molecule has 0 radical (unpaired) electrons. The van der Waals surface area contributed by atoms with Crippen LogP contribution in [0.25, 0.3) is 0 Å². The van der Waals surface area contributed by atoms with Crippen LogP contribution >= 0.6 is 0 Å². The molecule has 0 aliphatic carbocycles. The van der Waals surface area contributed by atoms with Gasteiger partial charge in [0.25, 0.3) is 0 Å². The van der Waals surface area contributed by atoms with Gasteiger partial charge in [0.1, 0.15) is 0 Å². The molecule has 1 aromatic heterocycles. The van der Waals surface area contributed by atoms with Gasteiger partial charge >= 0.3 is 0 Å². The molecule has 0 bridgehead atoms. The largest absolute Gasteiger partial charge is 0.394 e. The van der Waals surface area contributed by atoms with Crippen LogP contribution in [0, 0.1) is 0 Å². The van der Waals surface area contributed by atoms with E-state index in [0.29, 0.717) is 6.04 Å². The zero-order chi connectivity index (χ0) is 11.3. The van der Waals surface area contributed by atoms with E-state index >= 15 is 0 Å². The second kappa shape index (κ2) is 5.88. The fraction of sp³-hybridized carbons (Fsp3) is 0.727. The van der Waals surface area contributed by atoms with Crippen molar-refractivity contribution in [1.29, 1.82) is 0 Å². The SMILES string of the molecule is CCCn1cncc1C(CO)NC(C)C. The van der Waals surface area contributed by atoms with E-state index in [1.165, 1.54) is 0 Å². The molecule has 1 rings (SSSR count). The predicted octanol–water partition coefficient (Wildman–Crippen LogP) is 1.32. The average molecular weight is 211 g/mol. The number of aliphatic hydroxyl groups excluding tert-OH is 1. The number of aryl methyl sites for hydroxylation is 1. The quantitative estimate of drug-likeness (QED) is 0.746. The molecule has 1 aromatic rings. The molecule has 86 valence electrons. The summed E-state index contributed by atoms with van der Waals surface area (Å²) in [7, 11) is 0. The standard InChI is InChI=1S/C11H21N3O/c1-4-5-14-8-12-6-11(14)10(7-15)13-9(2)3/h6,8-10,13,15H,4-5,7H2,1-3H3. The van der Waals surface area contributed by atoms with Gasteiger partial charge in [-0.05, 0) is 6.42 Å². The highest BCUT2D eigenvalue weighted by Crippen LogP contribution is 2.13. The van der Waals surface area contributed by atoms with Crippen molar-refractivity contribution in [3.8, 4) is 0 Å². The van der Waals surface area contributed by atoms with Gasteiger partial charge in [0.05, 0.1) is 24.7 Å². The lowest BCUT2D eigenvalue weighted by molar-refractivity contribution is 0.231. The lowest BCUT2D eigenvalue weighted by atomic mass is 10.2. The number of hydrogen-bond donors (Lipinski definition) is 2. The van der Waals surface area contributed by atoms with Crippen LogP contribution in [0.3, 0.4) is 0 Å². The van der Waals surface area contributed by atoms with Crippen LogP contribution < -0.4 is 5.32 Å². The minimum atomic E-state index is -0.0148. The van der Waals surface area contributed by atoms with E-state index in [0.717, 1.165) is 18.7 Å². The summed E-state index contributed by atoms with van der Waals surface area (Å²) in [4.78, 5) is 4.13. The summed E-state index contributed by atoms with van der Waals surface area (Å²) in [5.41, 5.74) is 1.06. The van der Waals surface area contributed by atoms with Crippen molar-refractivity contribution in [1.82, 2.24) is 14.9 Å². The second-order valence-electron chi connectivity index (χ2n) is 4.07. The molecule has 2 N–H and O–H groups in total. The second-order valence-corrected chi connectivity index (χ2v) is 4.07. The molecule has 0 spiro atoms. The van der Waals surface area contributed by atoms with Crippen LogP contribution in [-0.2, 0) is 6.54 Å². The molecule has 1 unspecified atom stereocenters. The van der Waals surface area contributed by atoms with Gasteiger partial charge in [-0.1, -0.05) is 20.8 Å². The number of nitrogens with one attached hydrogen (secondary N) is 1. The van der Waals surface area contributed by atoms with Crippen LogP contribution in [0.5, 0.6) is 0 Å². The number of nitrogens with zero attached hydrogens (tertiary/aromatic N) is 2. The first-order chi connectivity index (χ1) is 7.19. The lowest BCUT2D eigenvalue weighted by Crippen LogP contribution is -2.32. The van der Waals surface area contributed by atoms with E-state index in [4.69, 9.17) is 0 Å². The van der Waals surface area contributed by atoms with Crippen LogP contribution in [0.1, 0.15) is 38.9 Å². The molecular formula is C11H21N3O. The molecule has 1 atom stereocenters. The van der Waals surface area contributed by atoms with Crippen LogP contribution in [0.4, 0.5) is 0 Å². The molecule has 0 saturated heterocycles. The summed E-state index contributed by atoms with van der Waals surface area (Å²) in [6.07, 6.45) is 4.72. The molecular weight excluding hydrogens is 190 g/mol. The lowest BCUT2D eigenvalue weighted by Gasteiger charge is -2.20. The van der Waals surface area contributed by atoms with Crippen LogP contribution in [0.2, 0.25) is 0 Å². The van der Waals surface area contributed by atoms with Crippen molar-refractivity contribution in [2.75, 3.05) is 6.61 Å². The van der Waals surface area contributed by atoms with Gasteiger partial charge in [-0.3, -0.25) is 0 Å². The minimum Gasteiger partial charge on any atom is -0.394 e. The van der Waals surface area contributed by atoms with Crippen molar-refractivity contribution in [2.24, 2.45) is 0 Å². The summed E-state index contributed by atoms with van der Waals surface area (Å²) in [5.74, 6) is 0. The Kier molecular flexibility index (Phi) is 4.78. The van der Waals surface area contributed by atoms with Gasteiger partial charge in [0.15, 0.2) is 0 Å². The summed E-state index contributed by atoms with van der Waals surface area (Å²) in [6.45, 7) is 7.33. The zero-order valence-electron chi connectivity index (χ0n) is 9.77. The third-order valence-electron chi connectivity index (χ3n) is 2.28. The molecule has 0 aromatic carbocycles. The van der Waals surface area contributed by atoms with Gasteiger partial charge < -0.3 is 15.0 Å². The highest BCUT2D eigenvalue weighted by atomic mass is 16.3. The smallest absolute Gasteiger partial charge is 0.0948 e. The summed E-state index contributed by atoms with van der Waals surface area (Å²) < 4.78 is 2.09. The van der Waals surface area contributed by atoms with Crippen molar-refractivity contribution < 1.29 is 5.11 Å². The number of hydrogen-bond acceptors (Lipinski definition) is 3. The summed E-state index contributed by atoms with van der Waals surface area (Å²) in [6, 6.07) is 0.339. The van der Waals surface area contributed by atoms with E-state index in [1.54, 1.807) is 0 Å². The number of aromatic nitrogens is 2. The number of aliphatic hydroxyl groups is 1. The van der Waals surface area contributed by atoms with Crippen molar-refractivity contribution >= 4 is 0 Å². The topological polar surface area (TPSA) is 50.1 Å². The van der Waals surface area contributed by atoms with E-state index < -0.39 is 0 Å². The molecule has 0 saturated carbocycles. The molecule has 1 heterocycles. The van der Waals surface area contributed by atoms with Gasteiger partial charge in [0, 0.05) is 18.8 Å². The van der Waals surface area contributed by atoms with Crippen molar-refractivity contribution in [2.45, 2.75) is 45.8 Å². The normalized spacial score (nSPS) is 13.4. The third kappa shape index (κ3) is 3.32. The van der Waals surface area contributed by atoms with E-state index in [-0.39, 0.29) is 12.6 Å². The fourth-order valence-electron chi connectivity index (χ4n) is 1.68. The minimum absolute atomic E-state index is 0.0148. The maximum atomic E-state index is 9.34. The number of imidazole rings is 1. The Morgan fingerprint density at radius 3 is 2.80 bits per heavy atom. The molecule has 15 heavy (non-hydrogen) atoms. The van der Waals surface area contributed by atoms with Gasteiger partial charge in [-0.25, -0.2) is 4.98 Å². The first kappa shape index (κ1) is 12.2. The Morgan fingerprint density at radius 1 is 1.53 bits per heavy atom. The summed E-state index contributed by atoms with van der Waals surface area (Å²) in [5, 5.41) is 12.7. The molecule has 4 heteroatoms. The summed E-state index contributed by atoms with van der Waals surface area (Å²) >= 11 is 0. The molecule has 0 aliphatic rings. The van der Waals surface area contributed by atoms with Crippen LogP contribution in [-0.4, -0.2) is 27.3 Å². The Balaban J connectivity index is 2.76. The van der Waals surface area contributed by atoms with Crippen molar-refractivity contribution in [3.05, 3.63) is 18.2 Å². The monoisotopic (exact) mass is 211 g/mol. The van der Waals surface area contributed by atoms with Crippen molar-refractivity contribution in [3.63, 3.8) is 0 Å². The Labute approximate surface area is 91.3 Å². The first-order valence-electron chi connectivity index (χ1n) is 5.56. The first-order valence-corrected chi connectivity index (χ1v) is 5.56. The number of rotatable bonds is 6. The third-order valence-corrected chi connectivity index (χ3v) is 2.28. The maximum Gasteiger partial charge on any atom is 0.0948 e. The molecule has 0 fully saturated rings. The van der Waals surface area contributed by atoms with E-state index in [9.17, 15) is 5.11 Å². The fourth-order valence-corrected chi connectivity index (χ4v) is 1.68. The van der Waals surface area contributed by atoms with Gasteiger partial charge in [-0.2, -0.15) is 0 Å². The van der Waals surface area contributed by atoms with Gasteiger partial charge in [-0.15, -0.1) is 0 Å². The predicted molar refractivity (Wildman–Crippen MR) is 60.6 cm³/mol.